The number of aliphatic hydroxyl groups excluding tert-OH is 2. The minimum absolute atomic E-state index is 0.101. The summed E-state index contributed by atoms with van der Waals surface area (Å²) in [6, 6.07) is 9.22. The Kier molecular flexibility index (Phi) is 9.56. The molecule has 0 radical (unpaired) electrons. The molecule has 1 aliphatic rings. The molecule has 38 heavy (non-hydrogen) atoms. The van der Waals surface area contributed by atoms with E-state index in [4.69, 9.17) is 5.73 Å². The molecule has 4 rings (SSSR count). The topological polar surface area (TPSA) is 165 Å². The Labute approximate surface area is 225 Å². The molecule has 1 fully saturated rings. The van der Waals surface area contributed by atoms with Crippen LogP contribution in [0.15, 0.2) is 36.7 Å². The molecular formula is C26H32N8O3S. The van der Waals surface area contributed by atoms with Crippen molar-refractivity contribution in [3.8, 4) is 16.8 Å². The van der Waals surface area contributed by atoms with Gasteiger partial charge in [0.1, 0.15) is 28.2 Å². The Morgan fingerprint density at radius 2 is 2.00 bits per heavy atom. The highest BCUT2D eigenvalue weighted by atomic mass is 32.1. The number of aliphatic hydroxyl groups is 2. The lowest BCUT2D eigenvalue weighted by Crippen LogP contribution is -2.38. The molecular weight excluding hydrogens is 504 g/mol. The summed E-state index contributed by atoms with van der Waals surface area (Å²) in [7, 11) is 0. The number of thiazole rings is 1. The van der Waals surface area contributed by atoms with Crippen molar-refractivity contribution < 1.29 is 15.0 Å². The average Bonchev–Trinajstić information content (AvgIpc) is 3.41. The molecule has 0 atom stereocenters. The van der Waals surface area contributed by atoms with Gasteiger partial charge in [0.25, 0.3) is 5.91 Å². The van der Waals surface area contributed by atoms with Crippen molar-refractivity contribution >= 4 is 28.7 Å². The molecule has 3 aromatic rings. The molecule has 0 saturated carbocycles. The predicted octanol–water partition coefficient (Wildman–Crippen LogP) is 1.49. The monoisotopic (exact) mass is 536 g/mol. The van der Waals surface area contributed by atoms with E-state index >= 15 is 0 Å². The molecule has 1 amide bonds. The molecule has 0 unspecified atom stereocenters. The van der Waals surface area contributed by atoms with Crippen LogP contribution in [0.3, 0.4) is 0 Å². The summed E-state index contributed by atoms with van der Waals surface area (Å²) in [6.07, 6.45) is 5.62. The molecule has 4 heterocycles. The van der Waals surface area contributed by atoms with Crippen LogP contribution in [0.1, 0.15) is 33.8 Å². The maximum Gasteiger partial charge on any atom is 0.270 e. The minimum atomic E-state index is -0.371. The van der Waals surface area contributed by atoms with Crippen LogP contribution < -0.4 is 16.0 Å². The average molecular weight is 537 g/mol. The third kappa shape index (κ3) is 6.81. The van der Waals surface area contributed by atoms with Crippen LogP contribution in [0.25, 0.3) is 10.7 Å². The first-order valence-corrected chi connectivity index (χ1v) is 13.4. The lowest BCUT2D eigenvalue weighted by Gasteiger charge is -2.31. The standard InChI is InChI=1S/C26H32N8O3S/c27-14-20-21(28)13-23(32-24(20)34(9-11-35)10-12-36)25(37)30-15-18-4-7-33(8-5-18)17-19-16-31-26(38-19)22-3-1-2-6-29-22/h1-3,6,13,16,18,35-36H,4-5,7-12,15,17H2,(H2,28,32)(H,30,37). The van der Waals surface area contributed by atoms with Gasteiger partial charge in [-0.15, -0.1) is 11.3 Å². The number of nitrogen functional groups attached to an aromatic ring is 1. The summed E-state index contributed by atoms with van der Waals surface area (Å²) in [5.41, 5.74) is 7.28. The first-order chi connectivity index (χ1) is 18.5. The summed E-state index contributed by atoms with van der Waals surface area (Å²) in [4.78, 5) is 31.3. The van der Waals surface area contributed by atoms with Gasteiger partial charge in [-0.25, -0.2) is 9.97 Å². The highest BCUT2D eigenvalue weighted by Crippen LogP contribution is 2.27. The van der Waals surface area contributed by atoms with Crippen molar-refractivity contribution in [3.63, 3.8) is 0 Å². The van der Waals surface area contributed by atoms with Crippen molar-refractivity contribution in [1.29, 1.82) is 5.26 Å². The highest BCUT2D eigenvalue weighted by molar-refractivity contribution is 7.14. The molecule has 11 nitrogen and oxygen atoms in total. The zero-order valence-electron chi connectivity index (χ0n) is 21.1. The fourth-order valence-electron chi connectivity index (χ4n) is 4.46. The van der Waals surface area contributed by atoms with Crippen LogP contribution in [0.2, 0.25) is 0 Å². The van der Waals surface area contributed by atoms with Gasteiger partial charge >= 0.3 is 0 Å². The predicted molar refractivity (Wildman–Crippen MR) is 145 cm³/mol. The minimum Gasteiger partial charge on any atom is -0.397 e. The number of piperidine rings is 1. The number of pyridine rings is 2. The van der Waals surface area contributed by atoms with E-state index in [1.807, 2.05) is 30.5 Å². The molecule has 200 valence electrons. The van der Waals surface area contributed by atoms with Gasteiger partial charge in [-0.05, 0) is 50.0 Å². The normalized spacial score (nSPS) is 14.2. The Morgan fingerprint density at radius 3 is 2.66 bits per heavy atom. The zero-order valence-corrected chi connectivity index (χ0v) is 21.9. The molecule has 1 aliphatic heterocycles. The molecule has 0 bridgehead atoms. The molecule has 3 aromatic heterocycles. The van der Waals surface area contributed by atoms with Crippen molar-refractivity contribution in [2.45, 2.75) is 19.4 Å². The van der Waals surface area contributed by atoms with Crippen LogP contribution in [-0.2, 0) is 6.54 Å². The van der Waals surface area contributed by atoms with E-state index in [1.165, 1.54) is 10.9 Å². The number of nitrogens with one attached hydrogen (secondary N) is 1. The summed E-state index contributed by atoms with van der Waals surface area (Å²) in [5.74, 6) is 0.157. The number of anilines is 2. The number of rotatable bonds is 11. The molecule has 0 spiro atoms. The van der Waals surface area contributed by atoms with Crippen LogP contribution >= 0.6 is 11.3 Å². The second kappa shape index (κ2) is 13.3. The Bertz CT molecular complexity index is 1250. The van der Waals surface area contributed by atoms with Crippen molar-refractivity contribution in [1.82, 2.24) is 25.2 Å². The summed E-state index contributed by atoms with van der Waals surface area (Å²) >= 11 is 1.66. The van der Waals surface area contributed by atoms with Crippen molar-refractivity contribution in [3.05, 3.63) is 52.8 Å². The number of carbonyl (C=O) groups is 1. The molecule has 12 heteroatoms. The maximum absolute atomic E-state index is 12.9. The van der Waals surface area contributed by atoms with Gasteiger partial charge in [-0.2, -0.15) is 5.26 Å². The van der Waals surface area contributed by atoms with Gasteiger partial charge in [-0.1, -0.05) is 6.07 Å². The number of hydrogen-bond acceptors (Lipinski definition) is 11. The first-order valence-electron chi connectivity index (χ1n) is 12.6. The van der Waals surface area contributed by atoms with Crippen LogP contribution in [0.5, 0.6) is 0 Å². The third-order valence-electron chi connectivity index (χ3n) is 6.49. The summed E-state index contributed by atoms with van der Waals surface area (Å²) in [5, 5.41) is 32.1. The van der Waals surface area contributed by atoms with E-state index in [9.17, 15) is 20.3 Å². The Balaban J connectivity index is 1.30. The number of nitrogens with two attached hydrogens (primary N) is 1. The number of nitrogens with zero attached hydrogens (tertiary/aromatic N) is 6. The van der Waals surface area contributed by atoms with Gasteiger partial charge in [0.05, 0.1) is 24.6 Å². The van der Waals surface area contributed by atoms with Crippen molar-refractivity contribution in [2.24, 2.45) is 5.92 Å². The second-order valence-corrected chi connectivity index (χ2v) is 10.2. The van der Waals surface area contributed by atoms with Gasteiger partial charge in [-0.3, -0.25) is 14.7 Å². The Morgan fingerprint density at radius 1 is 1.24 bits per heavy atom. The Hall–Kier alpha value is -3.63. The second-order valence-electron chi connectivity index (χ2n) is 9.12. The van der Waals surface area contributed by atoms with Crippen LogP contribution in [0, 0.1) is 17.2 Å². The number of hydrogen-bond donors (Lipinski definition) is 4. The smallest absolute Gasteiger partial charge is 0.270 e. The van der Waals surface area contributed by atoms with Crippen LogP contribution in [-0.4, -0.2) is 81.9 Å². The zero-order chi connectivity index (χ0) is 26.9. The van der Waals surface area contributed by atoms with Gasteiger partial charge in [0, 0.05) is 43.4 Å². The van der Waals surface area contributed by atoms with E-state index in [0.717, 1.165) is 43.2 Å². The lowest BCUT2D eigenvalue weighted by atomic mass is 9.96. The van der Waals surface area contributed by atoms with E-state index in [2.05, 4.69) is 25.2 Å². The summed E-state index contributed by atoms with van der Waals surface area (Å²) in [6.45, 7) is 3.13. The molecule has 0 aromatic carbocycles. The van der Waals surface area contributed by atoms with E-state index in [-0.39, 0.29) is 55.0 Å². The molecule has 0 aliphatic carbocycles. The highest BCUT2D eigenvalue weighted by Gasteiger charge is 2.23. The molecule has 1 saturated heterocycles. The summed E-state index contributed by atoms with van der Waals surface area (Å²) < 4.78 is 0. The number of amides is 1. The largest absolute Gasteiger partial charge is 0.397 e. The lowest BCUT2D eigenvalue weighted by molar-refractivity contribution is 0.0930. The SMILES string of the molecule is N#Cc1c(N)cc(C(=O)NCC2CCN(Cc3cnc(-c4ccccn4)s3)CC2)nc1N(CCO)CCO. The van der Waals surface area contributed by atoms with Crippen molar-refractivity contribution in [2.75, 3.05) is 56.6 Å². The first kappa shape index (κ1) is 27.4. The third-order valence-corrected chi connectivity index (χ3v) is 7.49. The fourth-order valence-corrected chi connectivity index (χ4v) is 5.39. The molecule has 5 N–H and O–H groups in total. The number of likely N-dealkylation sites (tertiary alicyclic amines) is 1. The maximum atomic E-state index is 12.9. The van der Waals surface area contributed by atoms with Gasteiger partial charge in [0.2, 0.25) is 0 Å². The van der Waals surface area contributed by atoms with E-state index in [0.29, 0.717) is 12.5 Å². The number of carbonyl (C=O) groups excluding carboxylic acids is 1. The van der Waals surface area contributed by atoms with E-state index < -0.39 is 0 Å². The quantitative estimate of drug-likeness (QED) is 0.282. The van der Waals surface area contributed by atoms with Gasteiger partial charge < -0.3 is 26.2 Å². The van der Waals surface area contributed by atoms with E-state index in [1.54, 1.807) is 22.4 Å². The number of nitriles is 1. The fraction of sp³-hybridized carbons (Fsp3) is 0.423. The van der Waals surface area contributed by atoms with Crippen LogP contribution in [0.4, 0.5) is 11.5 Å². The number of aromatic nitrogens is 3. The van der Waals surface area contributed by atoms with Gasteiger partial charge in [0.15, 0.2) is 0 Å².